The smallest absolute Gasteiger partial charge is 0.337 e. The average molecular weight is 425 g/mol. The Labute approximate surface area is 181 Å². The molecule has 2 aromatic rings. The molecular weight excluding hydrogens is 398 g/mol. The molecule has 1 amide bonds. The molecule has 1 atom stereocenters. The largest absolute Gasteiger partial charge is 0.465 e. The van der Waals surface area contributed by atoms with Crippen LogP contribution in [0.15, 0.2) is 42.5 Å². The molecule has 1 saturated heterocycles. The first-order valence-corrected chi connectivity index (χ1v) is 10.4. The summed E-state index contributed by atoms with van der Waals surface area (Å²) in [6.45, 7) is 5.69. The highest BCUT2D eigenvalue weighted by atomic mass is 16.7. The fourth-order valence-corrected chi connectivity index (χ4v) is 3.93. The van der Waals surface area contributed by atoms with E-state index in [1.807, 2.05) is 18.2 Å². The highest BCUT2D eigenvalue weighted by Crippen LogP contribution is 2.34. The van der Waals surface area contributed by atoms with E-state index in [0.29, 0.717) is 41.8 Å². The minimum absolute atomic E-state index is 0.0214. The lowest BCUT2D eigenvalue weighted by Crippen LogP contribution is -2.52. The van der Waals surface area contributed by atoms with Gasteiger partial charge in [0.1, 0.15) is 0 Å². The molecule has 2 aromatic carbocycles. The van der Waals surface area contributed by atoms with Gasteiger partial charge >= 0.3 is 5.97 Å². The van der Waals surface area contributed by atoms with Gasteiger partial charge in [0.05, 0.1) is 12.7 Å². The fourth-order valence-electron chi connectivity index (χ4n) is 3.93. The third-order valence-electron chi connectivity index (χ3n) is 5.70. The van der Waals surface area contributed by atoms with Crippen molar-refractivity contribution in [3.05, 3.63) is 48.0 Å². The maximum atomic E-state index is 12.4. The number of anilines is 2. The van der Waals surface area contributed by atoms with Gasteiger partial charge in [0.15, 0.2) is 11.5 Å². The number of nitrogens with zero attached hydrogens (tertiary/aromatic N) is 2. The van der Waals surface area contributed by atoms with Gasteiger partial charge in [-0.3, -0.25) is 9.69 Å². The lowest BCUT2D eigenvalue weighted by molar-refractivity contribution is -0.116. The molecule has 2 aliphatic heterocycles. The predicted molar refractivity (Wildman–Crippen MR) is 117 cm³/mol. The second-order valence-electron chi connectivity index (χ2n) is 7.74. The lowest BCUT2D eigenvalue weighted by Gasteiger charge is -2.41. The summed E-state index contributed by atoms with van der Waals surface area (Å²) in [6, 6.07) is 13.2. The number of carbonyl (C=O) groups is 2. The number of esters is 1. The van der Waals surface area contributed by atoms with E-state index in [9.17, 15) is 9.59 Å². The molecule has 0 spiro atoms. The summed E-state index contributed by atoms with van der Waals surface area (Å²) in [7, 11) is 1.38. The Kier molecular flexibility index (Phi) is 6.27. The zero-order valence-electron chi connectivity index (χ0n) is 17.8. The van der Waals surface area contributed by atoms with E-state index in [4.69, 9.17) is 14.2 Å². The molecule has 8 nitrogen and oxygen atoms in total. The Bertz CT molecular complexity index is 947. The monoisotopic (exact) mass is 425 g/mol. The van der Waals surface area contributed by atoms with E-state index >= 15 is 0 Å². The first kappa shape index (κ1) is 21.0. The molecule has 164 valence electrons. The number of nitrogens with one attached hydrogen (secondary N) is 1. The summed E-state index contributed by atoms with van der Waals surface area (Å²) in [6.07, 6.45) is 0.423. The van der Waals surface area contributed by atoms with Crippen molar-refractivity contribution in [3.8, 4) is 11.5 Å². The zero-order valence-corrected chi connectivity index (χ0v) is 17.8. The molecule has 0 saturated carbocycles. The van der Waals surface area contributed by atoms with E-state index in [2.05, 4.69) is 22.0 Å². The molecule has 1 unspecified atom stereocenters. The quantitative estimate of drug-likeness (QED) is 0.713. The van der Waals surface area contributed by atoms with Gasteiger partial charge in [-0.05, 0) is 43.3 Å². The number of hydrogen-bond donors (Lipinski definition) is 1. The molecule has 2 aliphatic rings. The van der Waals surface area contributed by atoms with Crippen molar-refractivity contribution in [2.75, 3.05) is 50.3 Å². The molecule has 0 aliphatic carbocycles. The van der Waals surface area contributed by atoms with Gasteiger partial charge < -0.3 is 24.4 Å². The van der Waals surface area contributed by atoms with Crippen LogP contribution in [0, 0.1) is 0 Å². The summed E-state index contributed by atoms with van der Waals surface area (Å²) in [5.41, 5.74) is 2.34. The molecule has 4 rings (SSSR count). The van der Waals surface area contributed by atoms with Gasteiger partial charge in [0.2, 0.25) is 12.7 Å². The van der Waals surface area contributed by atoms with Crippen molar-refractivity contribution in [1.82, 2.24) is 4.90 Å². The Morgan fingerprint density at radius 3 is 2.61 bits per heavy atom. The minimum atomic E-state index is -0.330. The zero-order chi connectivity index (χ0) is 21.8. The molecule has 0 bridgehead atoms. The van der Waals surface area contributed by atoms with Gasteiger partial charge in [-0.25, -0.2) is 4.79 Å². The number of rotatable bonds is 6. The van der Waals surface area contributed by atoms with Crippen LogP contribution in [0.2, 0.25) is 0 Å². The van der Waals surface area contributed by atoms with Gasteiger partial charge in [0.25, 0.3) is 0 Å². The van der Waals surface area contributed by atoms with E-state index < -0.39 is 0 Å². The van der Waals surface area contributed by atoms with Gasteiger partial charge in [0, 0.05) is 56.1 Å². The van der Waals surface area contributed by atoms with Crippen molar-refractivity contribution in [1.29, 1.82) is 0 Å². The van der Waals surface area contributed by atoms with Crippen LogP contribution in [0.25, 0.3) is 0 Å². The standard InChI is InChI=1S/C23H27N3O5/c1-16-14-26(19-6-3-17(4-7-19)23(28)29-2)12-11-25(16)10-9-22(27)24-18-5-8-20-21(13-18)31-15-30-20/h3-8,13,16H,9-12,14-15H2,1-2H3,(H,24,27). The number of ether oxygens (including phenoxy) is 3. The lowest BCUT2D eigenvalue weighted by atomic mass is 10.1. The predicted octanol–water partition coefficient (Wildman–Crippen LogP) is 2.74. The Morgan fingerprint density at radius 1 is 1.10 bits per heavy atom. The van der Waals surface area contributed by atoms with Crippen LogP contribution in [-0.4, -0.2) is 62.9 Å². The molecule has 0 radical (unpaired) electrons. The van der Waals surface area contributed by atoms with Gasteiger partial charge in [-0.2, -0.15) is 0 Å². The van der Waals surface area contributed by atoms with Crippen LogP contribution < -0.4 is 19.7 Å². The van der Waals surface area contributed by atoms with Crippen molar-refractivity contribution in [3.63, 3.8) is 0 Å². The van der Waals surface area contributed by atoms with E-state index in [1.54, 1.807) is 24.3 Å². The van der Waals surface area contributed by atoms with E-state index in [0.717, 1.165) is 25.3 Å². The second-order valence-corrected chi connectivity index (χ2v) is 7.74. The highest BCUT2D eigenvalue weighted by molar-refractivity contribution is 5.91. The summed E-state index contributed by atoms with van der Waals surface area (Å²) >= 11 is 0. The maximum absolute atomic E-state index is 12.4. The highest BCUT2D eigenvalue weighted by Gasteiger charge is 2.24. The van der Waals surface area contributed by atoms with Crippen LogP contribution >= 0.6 is 0 Å². The second kappa shape index (κ2) is 9.26. The number of benzene rings is 2. The first-order valence-electron chi connectivity index (χ1n) is 10.4. The summed E-state index contributed by atoms with van der Waals surface area (Å²) < 4.78 is 15.4. The Morgan fingerprint density at radius 2 is 1.87 bits per heavy atom. The van der Waals surface area contributed by atoms with Crippen LogP contribution in [0.4, 0.5) is 11.4 Å². The number of methoxy groups -OCH3 is 1. The Balaban J connectivity index is 1.25. The van der Waals surface area contributed by atoms with Crippen molar-refractivity contribution in [2.24, 2.45) is 0 Å². The van der Waals surface area contributed by atoms with Crippen LogP contribution in [0.1, 0.15) is 23.7 Å². The van der Waals surface area contributed by atoms with Crippen molar-refractivity contribution >= 4 is 23.3 Å². The number of carbonyl (C=O) groups excluding carboxylic acids is 2. The molecular formula is C23H27N3O5. The van der Waals surface area contributed by atoms with Gasteiger partial charge in [-0.15, -0.1) is 0 Å². The van der Waals surface area contributed by atoms with Gasteiger partial charge in [-0.1, -0.05) is 0 Å². The SMILES string of the molecule is COC(=O)c1ccc(N2CCN(CCC(=O)Nc3ccc4c(c3)OCO4)C(C)C2)cc1. The summed E-state index contributed by atoms with van der Waals surface area (Å²) in [5.74, 6) is 1.00. The van der Waals surface area contributed by atoms with Crippen LogP contribution in [0.3, 0.4) is 0 Å². The first-order chi connectivity index (χ1) is 15.0. The van der Waals surface area contributed by atoms with Crippen LogP contribution in [-0.2, 0) is 9.53 Å². The third-order valence-corrected chi connectivity index (χ3v) is 5.70. The number of hydrogen-bond acceptors (Lipinski definition) is 7. The molecule has 1 N–H and O–H groups in total. The number of amides is 1. The summed E-state index contributed by atoms with van der Waals surface area (Å²) in [5, 5.41) is 2.93. The summed E-state index contributed by atoms with van der Waals surface area (Å²) in [4.78, 5) is 28.6. The van der Waals surface area contributed by atoms with Crippen molar-refractivity contribution in [2.45, 2.75) is 19.4 Å². The van der Waals surface area contributed by atoms with Crippen LogP contribution in [0.5, 0.6) is 11.5 Å². The Hall–Kier alpha value is -3.26. The molecule has 0 aromatic heterocycles. The molecule has 31 heavy (non-hydrogen) atoms. The van der Waals surface area contributed by atoms with E-state index in [1.165, 1.54) is 7.11 Å². The topological polar surface area (TPSA) is 80.3 Å². The van der Waals surface area contributed by atoms with Crippen molar-refractivity contribution < 1.29 is 23.8 Å². The third kappa shape index (κ3) is 4.91. The molecule has 1 fully saturated rings. The average Bonchev–Trinajstić information content (AvgIpc) is 3.25. The fraction of sp³-hybridized carbons (Fsp3) is 0.391. The normalized spacial score (nSPS) is 18.0. The molecule has 8 heteroatoms. The van der Waals surface area contributed by atoms with E-state index in [-0.39, 0.29) is 18.7 Å². The maximum Gasteiger partial charge on any atom is 0.337 e. The number of piperazine rings is 1. The minimum Gasteiger partial charge on any atom is -0.465 e. The number of fused-ring (bicyclic) bond motifs is 1. The molecule has 2 heterocycles.